The van der Waals surface area contributed by atoms with Crippen LogP contribution < -0.4 is 0 Å². The molecule has 0 atom stereocenters. The molecular formula is C12H6Cl2N2. The lowest BCUT2D eigenvalue weighted by molar-refractivity contribution is 1.30. The van der Waals surface area contributed by atoms with E-state index in [2.05, 4.69) is 4.98 Å². The van der Waals surface area contributed by atoms with Crippen LogP contribution in [-0.4, -0.2) is 4.98 Å². The molecule has 1 aromatic carbocycles. The van der Waals surface area contributed by atoms with Gasteiger partial charge in [-0.25, -0.2) is 4.98 Å². The first-order valence-electron chi connectivity index (χ1n) is 4.53. The Labute approximate surface area is 103 Å². The fourth-order valence-electron chi connectivity index (χ4n) is 1.45. The van der Waals surface area contributed by atoms with E-state index < -0.39 is 0 Å². The molecule has 2 rings (SSSR count). The van der Waals surface area contributed by atoms with Gasteiger partial charge in [-0.2, -0.15) is 5.26 Å². The molecule has 0 N–H and O–H groups in total. The van der Waals surface area contributed by atoms with Crippen molar-refractivity contribution in [1.82, 2.24) is 4.98 Å². The van der Waals surface area contributed by atoms with Crippen LogP contribution in [0.4, 0.5) is 0 Å². The van der Waals surface area contributed by atoms with Crippen LogP contribution >= 0.6 is 23.2 Å². The average Bonchev–Trinajstić information content (AvgIpc) is 2.29. The third-order valence-electron chi connectivity index (χ3n) is 2.18. The van der Waals surface area contributed by atoms with Crippen molar-refractivity contribution in [1.29, 1.82) is 5.26 Å². The molecule has 0 amide bonds. The van der Waals surface area contributed by atoms with E-state index in [1.54, 1.807) is 18.3 Å². The number of hydrogen-bond donors (Lipinski definition) is 0. The lowest BCUT2D eigenvalue weighted by Gasteiger charge is -2.06. The first-order valence-corrected chi connectivity index (χ1v) is 5.29. The van der Waals surface area contributed by atoms with Crippen molar-refractivity contribution >= 4 is 23.2 Å². The first-order chi connectivity index (χ1) is 7.74. The van der Waals surface area contributed by atoms with Crippen molar-refractivity contribution in [3.05, 3.63) is 52.3 Å². The van der Waals surface area contributed by atoms with Gasteiger partial charge in [-0.15, -0.1) is 0 Å². The Hall–Kier alpha value is -1.56. The molecule has 1 aromatic heterocycles. The summed E-state index contributed by atoms with van der Waals surface area (Å²) in [5.41, 5.74) is 1.83. The molecule has 0 spiro atoms. The fraction of sp³-hybridized carbons (Fsp3) is 0. The normalized spacial score (nSPS) is 9.81. The molecule has 0 unspecified atom stereocenters. The molecule has 0 aliphatic rings. The average molecular weight is 249 g/mol. The first kappa shape index (κ1) is 10.9. The minimum atomic E-state index is 0.194. The maximum atomic E-state index is 9.03. The fourth-order valence-corrected chi connectivity index (χ4v) is 1.88. The van der Waals surface area contributed by atoms with E-state index in [1.165, 1.54) is 0 Å². The van der Waals surface area contributed by atoms with Gasteiger partial charge in [0.2, 0.25) is 0 Å². The number of benzene rings is 1. The molecule has 0 aliphatic carbocycles. The van der Waals surface area contributed by atoms with Gasteiger partial charge in [0.15, 0.2) is 0 Å². The monoisotopic (exact) mass is 248 g/mol. The number of pyridine rings is 1. The molecule has 1 heterocycles. The highest BCUT2D eigenvalue weighted by atomic mass is 35.5. The van der Waals surface area contributed by atoms with Crippen molar-refractivity contribution in [3.8, 4) is 17.2 Å². The van der Waals surface area contributed by atoms with Crippen molar-refractivity contribution in [2.75, 3.05) is 0 Å². The van der Waals surface area contributed by atoms with Gasteiger partial charge in [-0.3, -0.25) is 0 Å². The molecule has 0 saturated heterocycles. The molecule has 0 radical (unpaired) electrons. The lowest BCUT2D eigenvalue weighted by atomic mass is 10.0. The number of aromatic nitrogens is 1. The van der Waals surface area contributed by atoms with Gasteiger partial charge in [-0.05, 0) is 12.1 Å². The van der Waals surface area contributed by atoms with Crippen LogP contribution in [0.1, 0.15) is 5.56 Å². The summed E-state index contributed by atoms with van der Waals surface area (Å²) in [5.74, 6) is 0. The summed E-state index contributed by atoms with van der Waals surface area (Å²) >= 11 is 11.9. The Kier molecular flexibility index (Phi) is 3.09. The van der Waals surface area contributed by atoms with Crippen LogP contribution in [0, 0.1) is 11.3 Å². The van der Waals surface area contributed by atoms with Crippen molar-refractivity contribution in [3.63, 3.8) is 0 Å². The summed E-state index contributed by atoms with van der Waals surface area (Å²) in [6.07, 6.45) is 1.56. The zero-order valence-electron chi connectivity index (χ0n) is 8.11. The SMILES string of the molecule is N#Cc1c(-c2ccccc2Cl)ccnc1Cl. The predicted octanol–water partition coefficient (Wildman–Crippen LogP) is 3.93. The summed E-state index contributed by atoms with van der Waals surface area (Å²) in [5, 5.41) is 9.81. The van der Waals surface area contributed by atoms with Crippen LogP contribution in [0.25, 0.3) is 11.1 Å². The molecule has 0 saturated carbocycles. The summed E-state index contributed by atoms with van der Waals surface area (Å²) in [6.45, 7) is 0. The van der Waals surface area contributed by atoms with Crippen LogP contribution in [-0.2, 0) is 0 Å². The number of hydrogen-bond acceptors (Lipinski definition) is 2. The van der Waals surface area contributed by atoms with Gasteiger partial charge in [0.25, 0.3) is 0 Å². The van der Waals surface area contributed by atoms with Crippen LogP contribution in [0.5, 0.6) is 0 Å². The van der Waals surface area contributed by atoms with Crippen molar-refractivity contribution < 1.29 is 0 Å². The minimum Gasteiger partial charge on any atom is -0.243 e. The maximum absolute atomic E-state index is 9.03. The van der Waals surface area contributed by atoms with Gasteiger partial charge in [0.05, 0.1) is 5.56 Å². The van der Waals surface area contributed by atoms with Gasteiger partial charge >= 0.3 is 0 Å². The van der Waals surface area contributed by atoms with Gasteiger partial charge < -0.3 is 0 Å². The minimum absolute atomic E-state index is 0.194. The molecule has 0 bridgehead atoms. The largest absolute Gasteiger partial charge is 0.243 e. The Bertz CT molecular complexity index is 573. The molecule has 0 aliphatic heterocycles. The summed E-state index contributed by atoms with van der Waals surface area (Å²) < 4.78 is 0. The second-order valence-electron chi connectivity index (χ2n) is 3.12. The van der Waals surface area contributed by atoms with Gasteiger partial charge in [-0.1, -0.05) is 41.4 Å². The number of nitrogens with zero attached hydrogens (tertiary/aromatic N) is 2. The highest BCUT2D eigenvalue weighted by molar-refractivity contribution is 6.34. The van der Waals surface area contributed by atoms with Crippen LogP contribution in [0.3, 0.4) is 0 Å². The topological polar surface area (TPSA) is 36.7 Å². The van der Waals surface area contributed by atoms with Gasteiger partial charge in [0, 0.05) is 22.3 Å². The number of halogens is 2. The second-order valence-corrected chi connectivity index (χ2v) is 3.88. The Morgan fingerprint density at radius 1 is 1.06 bits per heavy atom. The molecule has 78 valence electrons. The quantitative estimate of drug-likeness (QED) is 0.718. The second kappa shape index (κ2) is 4.52. The Morgan fingerprint density at radius 2 is 1.81 bits per heavy atom. The van der Waals surface area contributed by atoms with E-state index in [9.17, 15) is 0 Å². The number of nitriles is 1. The third-order valence-corrected chi connectivity index (χ3v) is 2.80. The molecule has 2 nitrogen and oxygen atoms in total. The van der Waals surface area contributed by atoms with E-state index in [0.717, 1.165) is 5.56 Å². The maximum Gasteiger partial charge on any atom is 0.147 e. The van der Waals surface area contributed by atoms with Gasteiger partial charge in [0.1, 0.15) is 11.2 Å². The van der Waals surface area contributed by atoms with E-state index >= 15 is 0 Å². The molecule has 0 fully saturated rings. The van der Waals surface area contributed by atoms with E-state index in [-0.39, 0.29) is 5.15 Å². The summed E-state index contributed by atoms with van der Waals surface area (Å²) in [4.78, 5) is 3.87. The van der Waals surface area contributed by atoms with E-state index in [1.807, 2.05) is 24.3 Å². The zero-order chi connectivity index (χ0) is 11.5. The summed E-state index contributed by atoms with van der Waals surface area (Å²) in [7, 11) is 0. The third kappa shape index (κ3) is 1.88. The van der Waals surface area contributed by atoms with Crippen molar-refractivity contribution in [2.24, 2.45) is 0 Å². The van der Waals surface area contributed by atoms with E-state index in [0.29, 0.717) is 16.1 Å². The highest BCUT2D eigenvalue weighted by Gasteiger charge is 2.11. The lowest BCUT2D eigenvalue weighted by Crippen LogP contribution is -1.89. The van der Waals surface area contributed by atoms with Crippen LogP contribution in [0.2, 0.25) is 10.2 Å². The van der Waals surface area contributed by atoms with Crippen LogP contribution in [0.15, 0.2) is 36.5 Å². The smallest absolute Gasteiger partial charge is 0.147 e. The predicted molar refractivity (Wildman–Crippen MR) is 64.4 cm³/mol. The summed E-state index contributed by atoms with van der Waals surface area (Å²) in [6, 6.07) is 11.1. The van der Waals surface area contributed by atoms with Crippen molar-refractivity contribution in [2.45, 2.75) is 0 Å². The molecular weight excluding hydrogens is 243 g/mol. The Balaban J connectivity index is 2.71. The number of rotatable bonds is 1. The van der Waals surface area contributed by atoms with E-state index in [4.69, 9.17) is 28.5 Å². The zero-order valence-corrected chi connectivity index (χ0v) is 9.63. The standard InChI is InChI=1S/C12H6Cl2N2/c13-11-4-2-1-3-9(11)8-5-6-16-12(14)10(8)7-15/h1-6H. The molecule has 4 heteroatoms. The molecule has 16 heavy (non-hydrogen) atoms. The molecule has 2 aromatic rings. The highest BCUT2D eigenvalue weighted by Crippen LogP contribution is 2.31. The Morgan fingerprint density at radius 3 is 2.50 bits per heavy atom.